The number of anilines is 3. The summed E-state index contributed by atoms with van der Waals surface area (Å²) in [6.45, 7) is 0. The second-order valence-corrected chi connectivity index (χ2v) is 12.1. The molecule has 0 aliphatic carbocycles. The number of hydrogen-bond donors (Lipinski definition) is 0. The minimum atomic E-state index is 0.575. The van der Waals surface area contributed by atoms with E-state index in [2.05, 4.69) is 108 Å². The molecule has 0 N–H and O–H groups in total. The zero-order valence-corrected chi connectivity index (χ0v) is 24.9. The molecule has 0 saturated heterocycles. The number of fused-ring (bicyclic) bond motifs is 10. The Morgan fingerprint density at radius 3 is 2.00 bits per heavy atom. The third kappa shape index (κ3) is 3.32. The van der Waals surface area contributed by atoms with Crippen LogP contribution in [0, 0.1) is 0 Å². The molecule has 0 amide bonds. The minimum absolute atomic E-state index is 0.575. The zero-order valence-electron chi connectivity index (χ0n) is 24.9. The predicted molar refractivity (Wildman–Crippen MR) is 191 cm³/mol. The normalized spacial score (nSPS) is 12.6. The van der Waals surface area contributed by atoms with Gasteiger partial charge in [0.1, 0.15) is 28.0 Å². The summed E-state index contributed by atoms with van der Waals surface area (Å²) in [6, 6.07) is 48.5. The Hall–Kier alpha value is -6.46. The van der Waals surface area contributed by atoms with Gasteiger partial charge in [-0.05, 0) is 58.1 Å². The van der Waals surface area contributed by atoms with Crippen molar-refractivity contribution in [3.63, 3.8) is 0 Å². The number of hydrogen-bond acceptors (Lipinski definition) is 5. The van der Waals surface area contributed by atoms with Crippen LogP contribution in [0.2, 0.25) is 0 Å². The molecule has 4 heterocycles. The second-order valence-electron chi connectivity index (χ2n) is 12.1. The Morgan fingerprint density at radius 1 is 0.447 bits per heavy atom. The third-order valence-corrected chi connectivity index (χ3v) is 9.61. The SMILES string of the molecule is c1ccc2c3c(ccc2c1)N(c1nc(-c2cccc4c2oc2ccccc24)c2oc4ccccc4c2n1)c1cccc2cccc-3c12. The van der Waals surface area contributed by atoms with E-state index in [0.29, 0.717) is 17.2 Å². The first kappa shape index (κ1) is 24.8. The molecule has 0 atom stereocenters. The van der Waals surface area contributed by atoms with Crippen LogP contribution in [0.15, 0.2) is 148 Å². The first-order chi connectivity index (χ1) is 23.3. The molecule has 5 heteroatoms. The summed E-state index contributed by atoms with van der Waals surface area (Å²) in [5.74, 6) is 0.575. The lowest BCUT2D eigenvalue weighted by molar-refractivity contribution is 0.662. The van der Waals surface area contributed by atoms with E-state index >= 15 is 0 Å². The minimum Gasteiger partial charge on any atom is -0.455 e. The summed E-state index contributed by atoms with van der Waals surface area (Å²) in [5.41, 5.74) is 9.81. The molecule has 47 heavy (non-hydrogen) atoms. The highest BCUT2D eigenvalue weighted by Gasteiger charge is 2.31. The zero-order chi connectivity index (χ0) is 30.6. The largest absolute Gasteiger partial charge is 0.455 e. The molecule has 0 spiro atoms. The van der Waals surface area contributed by atoms with Gasteiger partial charge in [-0.15, -0.1) is 0 Å². The van der Waals surface area contributed by atoms with Crippen molar-refractivity contribution in [2.75, 3.05) is 4.90 Å². The van der Waals surface area contributed by atoms with Gasteiger partial charge in [0, 0.05) is 32.7 Å². The van der Waals surface area contributed by atoms with Crippen molar-refractivity contribution in [3.8, 4) is 22.4 Å². The first-order valence-electron chi connectivity index (χ1n) is 15.8. The molecule has 0 bridgehead atoms. The molecule has 218 valence electrons. The van der Waals surface area contributed by atoms with Crippen LogP contribution in [-0.2, 0) is 0 Å². The fourth-order valence-corrected chi connectivity index (χ4v) is 7.59. The van der Waals surface area contributed by atoms with Crippen LogP contribution in [0.5, 0.6) is 0 Å². The molecule has 1 aliphatic rings. The van der Waals surface area contributed by atoms with E-state index in [4.69, 9.17) is 18.8 Å². The fourth-order valence-electron chi connectivity index (χ4n) is 7.59. The molecule has 0 saturated carbocycles. The van der Waals surface area contributed by atoms with Crippen molar-refractivity contribution in [3.05, 3.63) is 140 Å². The standard InChI is InChI=1S/C42H23N3O2/c1-2-13-26-24(10-1)22-23-33-37(26)30-17-7-11-25-12-8-19-32(36(25)30)45(33)42-43-38-29-15-4-6-21-35(29)47-41(38)39(44-42)31-18-9-16-28-27-14-3-5-20-34(27)46-40(28)31/h1-23H. The van der Waals surface area contributed by atoms with Crippen molar-refractivity contribution in [1.29, 1.82) is 0 Å². The van der Waals surface area contributed by atoms with Crippen LogP contribution < -0.4 is 4.90 Å². The highest BCUT2D eigenvalue weighted by Crippen LogP contribution is 2.53. The highest BCUT2D eigenvalue weighted by molar-refractivity contribution is 6.20. The highest BCUT2D eigenvalue weighted by atomic mass is 16.3. The number of benzene rings is 7. The number of furan rings is 2. The van der Waals surface area contributed by atoms with Gasteiger partial charge in [-0.1, -0.05) is 103 Å². The van der Waals surface area contributed by atoms with Crippen LogP contribution in [0.1, 0.15) is 0 Å². The maximum atomic E-state index is 6.56. The van der Waals surface area contributed by atoms with Gasteiger partial charge in [-0.3, -0.25) is 4.90 Å². The van der Waals surface area contributed by atoms with E-state index < -0.39 is 0 Å². The average Bonchev–Trinajstić information content (AvgIpc) is 3.70. The monoisotopic (exact) mass is 601 g/mol. The number of para-hydroxylation sites is 3. The van der Waals surface area contributed by atoms with Gasteiger partial charge in [0.2, 0.25) is 5.95 Å². The summed E-state index contributed by atoms with van der Waals surface area (Å²) in [4.78, 5) is 13.0. The van der Waals surface area contributed by atoms with E-state index in [9.17, 15) is 0 Å². The molecule has 10 aromatic rings. The Morgan fingerprint density at radius 2 is 1.11 bits per heavy atom. The summed E-state index contributed by atoms with van der Waals surface area (Å²) < 4.78 is 13.1. The van der Waals surface area contributed by atoms with Gasteiger partial charge >= 0.3 is 0 Å². The Balaban J connectivity index is 1.29. The van der Waals surface area contributed by atoms with Gasteiger partial charge < -0.3 is 8.83 Å². The van der Waals surface area contributed by atoms with Crippen LogP contribution >= 0.6 is 0 Å². The molecular formula is C42H23N3O2. The van der Waals surface area contributed by atoms with Gasteiger partial charge in [0.05, 0.1) is 11.4 Å². The van der Waals surface area contributed by atoms with Crippen LogP contribution in [0.25, 0.3) is 87.9 Å². The lowest BCUT2D eigenvalue weighted by atomic mass is 9.88. The van der Waals surface area contributed by atoms with Crippen LogP contribution in [0.4, 0.5) is 17.3 Å². The predicted octanol–water partition coefficient (Wildman–Crippen LogP) is 11.7. The summed E-state index contributed by atoms with van der Waals surface area (Å²) in [6.07, 6.45) is 0. The van der Waals surface area contributed by atoms with Gasteiger partial charge in [0.25, 0.3) is 0 Å². The Kier molecular flexibility index (Phi) is 4.78. The molecule has 0 radical (unpaired) electrons. The topological polar surface area (TPSA) is 55.3 Å². The smallest absolute Gasteiger partial charge is 0.236 e. The molecule has 3 aromatic heterocycles. The lowest BCUT2D eigenvalue weighted by Gasteiger charge is -2.32. The van der Waals surface area contributed by atoms with E-state index in [1.807, 2.05) is 36.4 Å². The molecule has 7 aromatic carbocycles. The van der Waals surface area contributed by atoms with Crippen LogP contribution in [0.3, 0.4) is 0 Å². The molecule has 0 fully saturated rings. The van der Waals surface area contributed by atoms with Gasteiger partial charge in [0.15, 0.2) is 5.58 Å². The quantitative estimate of drug-likeness (QED) is 0.197. The van der Waals surface area contributed by atoms with Gasteiger partial charge in [-0.25, -0.2) is 9.97 Å². The molecule has 1 aliphatic heterocycles. The summed E-state index contributed by atoms with van der Waals surface area (Å²) in [7, 11) is 0. The molecular weight excluding hydrogens is 578 g/mol. The number of rotatable bonds is 2. The number of nitrogens with zero attached hydrogens (tertiary/aromatic N) is 3. The molecule has 11 rings (SSSR count). The van der Waals surface area contributed by atoms with Crippen molar-refractivity contribution in [2.45, 2.75) is 0 Å². The second kappa shape index (κ2) is 9.05. The summed E-state index contributed by atoms with van der Waals surface area (Å²) in [5, 5.41) is 7.79. The lowest BCUT2D eigenvalue weighted by Crippen LogP contribution is -2.18. The molecule has 5 nitrogen and oxygen atoms in total. The van der Waals surface area contributed by atoms with Crippen molar-refractivity contribution < 1.29 is 8.83 Å². The summed E-state index contributed by atoms with van der Waals surface area (Å²) >= 11 is 0. The van der Waals surface area contributed by atoms with Crippen LogP contribution in [-0.4, -0.2) is 9.97 Å². The van der Waals surface area contributed by atoms with Crippen molar-refractivity contribution in [1.82, 2.24) is 9.97 Å². The average molecular weight is 602 g/mol. The van der Waals surface area contributed by atoms with E-state index in [-0.39, 0.29) is 0 Å². The Labute approximate surface area is 267 Å². The maximum Gasteiger partial charge on any atom is 0.236 e. The number of aromatic nitrogens is 2. The van der Waals surface area contributed by atoms with Crippen molar-refractivity contribution >= 4 is 82.9 Å². The van der Waals surface area contributed by atoms with Crippen molar-refractivity contribution in [2.24, 2.45) is 0 Å². The first-order valence-corrected chi connectivity index (χ1v) is 15.8. The van der Waals surface area contributed by atoms with E-state index in [0.717, 1.165) is 55.4 Å². The maximum absolute atomic E-state index is 6.56. The third-order valence-electron chi connectivity index (χ3n) is 9.61. The van der Waals surface area contributed by atoms with E-state index in [1.165, 1.54) is 32.7 Å². The fraction of sp³-hybridized carbons (Fsp3) is 0. The van der Waals surface area contributed by atoms with Gasteiger partial charge in [-0.2, -0.15) is 0 Å². The van der Waals surface area contributed by atoms with E-state index in [1.54, 1.807) is 0 Å². The Bertz CT molecular complexity index is 2930. The molecule has 0 unspecified atom stereocenters.